The zero-order chi connectivity index (χ0) is 19.6. The van der Waals surface area contributed by atoms with Crippen LogP contribution in [0.3, 0.4) is 0 Å². The Labute approximate surface area is 164 Å². The third-order valence-corrected chi connectivity index (χ3v) is 6.22. The molecule has 0 radical (unpaired) electrons. The number of carbonyl (C=O) groups is 2. The van der Waals surface area contributed by atoms with E-state index in [0.717, 1.165) is 49.2 Å². The minimum absolute atomic E-state index is 0.186. The van der Waals surface area contributed by atoms with E-state index in [1.54, 1.807) is 0 Å². The van der Waals surface area contributed by atoms with Crippen LogP contribution in [-0.4, -0.2) is 32.1 Å². The van der Waals surface area contributed by atoms with Crippen LogP contribution in [0.25, 0.3) is 0 Å². The number of thiophene rings is 1. The van der Waals surface area contributed by atoms with Crippen molar-refractivity contribution < 1.29 is 19.2 Å². The third kappa shape index (κ3) is 4.06. The van der Waals surface area contributed by atoms with Crippen LogP contribution < -0.4 is 10.2 Å². The summed E-state index contributed by atoms with van der Waals surface area (Å²) >= 11 is 1.51. The summed E-state index contributed by atoms with van der Waals surface area (Å²) in [7, 11) is 1.39. The van der Waals surface area contributed by atoms with Crippen molar-refractivity contribution in [1.29, 1.82) is 0 Å². The first-order valence-electron chi connectivity index (χ1n) is 9.39. The molecule has 0 bridgehead atoms. The number of hydrogen-bond acceptors (Lipinski definition) is 4. The molecule has 0 fully saturated rings. The Kier molecular flexibility index (Phi) is 5.97. The molecule has 1 aromatic heterocycles. The predicted molar refractivity (Wildman–Crippen MR) is 108 cm³/mol. The van der Waals surface area contributed by atoms with Gasteiger partial charge in [0.25, 0.3) is 5.91 Å². The van der Waals surface area contributed by atoms with Crippen LogP contribution in [0.2, 0.25) is 0 Å². The number of quaternary nitrogens is 1. The van der Waals surface area contributed by atoms with E-state index in [9.17, 15) is 9.59 Å². The molecule has 1 amide bonds. The molecular formula is C21H27N2O3S+. The highest BCUT2D eigenvalue weighted by Crippen LogP contribution is 2.35. The summed E-state index contributed by atoms with van der Waals surface area (Å²) in [5.41, 5.74) is 4.24. The van der Waals surface area contributed by atoms with Gasteiger partial charge in [0, 0.05) is 12.0 Å². The van der Waals surface area contributed by atoms with Gasteiger partial charge in [0.05, 0.1) is 30.6 Å². The van der Waals surface area contributed by atoms with Crippen LogP contribution in [0.1, 0.15) is 55.6 Å². The van der Waals surface area contributed by atoms with Gasteiger partial charge in [-0.25, -0.2) is 4.79 Å². The zero-order valence-electron chi connectivity index (χ0n) is 16.4. The number of methoxy groups -OCH3 is 1. The standard InChI is InChI=1S/C21H26N2O3S/c1-5-9-23-10-8-16-17(12-23)27-20(18(16)21(25)26-4)22-19(24)15-7-6-13(2)11-14(15)3/h6-7,11H,5,8-10,12H2,1-4H3,(H,22,24)/p+1. The van der Waals surface area contributed by atoms with Crippen LogP contribution in [-0.2, 0) is 17.7 Å². The summed E-state index contributed by atoms with van der Waals surface area (Å²) in [6, 6.07) is 5.74. The van der Waals surface area contributed by atoms with Crippen molar-refractivity contribution in [1.82, 2.24) is 0 Å². The normalized spacial score (nSPS) is 15.9. The zero-order valence-corrected chi connectivity index (χ0v) is 17.2. The summed E-state index contributed by atoms with van der Waals surface area (Å²) < 4.78 is 5.01. The minimum atomic E-state index is -0.373. The molecule has 5 nitrogen and oxygen atoms in total. The summed E-state index contributed by atoms with van der Waals surface area (Å²) in [6.45, 7) is 9.14. The van der Waals surface area contributed by atoms with E-state index in [1.807, 2.05) is 32.0 Å². The molecule has 6 heteroatoms. The van der Waals surface area contributed by atoms with Gasteiger partial charge in [0.2, 0.25) is 0 Å². The highest BCUT2D eigenvalue weighted by molar-refractivity contribution is 7.17. The maximum absolute atomic E-state index is 12.8. The van der Waals surface area contributed by atoms with Crippen molar-refractivity contribution in [3.8, 4) is 0 Å². The molecule has 1 aromatic carbocycles. The quantitative estimate of drug-likeness (QED) is 0.776. The number of fused-ring (bicyclic) bond motifs is 1. The second-order valence-corrected chi connectivity index (χ2v) is 8.25. The minimum Gasteiger partial charge on any atom is -0.465 e. The highest BCUT2D eigenvalue weighted by atomic mass is 32.1. The van der Waals surface area contributed by atoms with Gasteiger partial charge in [-0.3, -0.25) is 4.79 Å². The first kappa shape index (κ1) is 19.6. The fraction of sp³-hybridized carbons (Fsp3) is 0.429. The van der Waals surface area contributed by atoms with Crippen LogP contribution in [0.4, 0.5) is 5.00 Å². The Bertz CT molecular complexity index is 873. The predicted octanol–water partition coefficient (Wildman–Crippen LogP) is 2.75. The van der Waals surface area contributed by atoms with E-state index in [0.29, 0.717) is 16.1 Å². The van der Waals surface area contributed by atoms with Crippen molar-refractivity contribution in [2.45, 2.75) is 40.2 Å². The molecular weight excluding hydrogens is 360 g/mol. The van der Waals surface area contributed by atoms with Crippen LogP contribution >= 0.6 is 11.3 Å². The topological polar surface area (TPSA) is 59.8 Å². The lowest BCUT2D eigenvalue weighted by atomic mass is 10.0. The summed E-state index contributed by atoms with van der Waals surface area (Å²) in [5.74, 6) is -0.559. The van der Waals surface area contributed by atoms with Crippen molar-refractivity contribution in [3.63, 3.8) is 0 Å². The van der Waals surface area contributed by atoms with Gasteiger partial charge >= 0.3 is 5.97 Å². The van der Waals surface area contributed by atoms with E-state index >= 15 is 0 Å². The number of aryl methyl sites for hydroxylation is 2. The molecule has 0 saturated carbocycles. The van der Waals surface area contributed by atoms with Gasteiger partial charge < -0.3 is 15.0 Å². The lowest BCUT2D eigenvalue weighted by molar-refractivity contribution is -0.915. The van der Waals surface area contributed by atoms with Gasteiger partial charge in [0.1, 0.15) is 11.5 Å². The van der Waals surface area contributed by atoms with Crippen molar-refractivity contribution in [2.75, 3.05) is 25.5 Å². The number of ether oxygens (including phenoxy) is 1. The van der Waals surface area contributed by atoms with E-state index in [1.165, 1.54) is 28.2 Å². The maximum Gasteiger partial charge on any atom is 0.341 e. The molecule has 2 aromatic rings. The molecule has 3 rings (SSSR count). The molecule has 0 aliphatic carbocycles. The van der Waals surface area contributed by atoms with E-state index in [2.05, 4.69) is 12.2 Å². The monoisotopic (exact) mass is 387 g/mol. The molecule has 1 aliphatic heterocycles. The molecule has 2 N–H and O–H groups in total. The Balaban J connectivity index is 1.92. The van der Waals surface area contributed by atoms with Gasteiger partial charge in [-0.2, -0.15) is 0 Å². The van der Waals surface area contributed by atoms with Gasteiger partial charge in [-0.05, 0) is 37.5 Å². The van der Waals surface area contributed by atoms with E-state index in [4.69, 9.17) is 4.74 Å². The molecule has 27 heavy (non-hydrogen) atoms. The third-order valence-electron chi connectivity index (χ3n) is 5.08. The average molecular weight is 388 g/mol. The summed E-state index contributed by atoms with van der Waals surface area (Å²) in [6.07, 6.45) is 1.97. The maximum atomic E-state index is 12.8. The lowest BCUT2D eigenvalue weighted by Crippen LogP contribution is -3.11. The number of amides is 1. The van der Waals surface area contributed by atoms with Crippen LogP contribution in [0.5, 0.6) is 0 Å². The number of rotatable bonds is 5. The fourth-order valence-electron chi connectivity index (χ4n) is 3.75. The first-order valence-corrected chi connectivity index (χ1v) is 10.2. The Morgan fingerprint density at radius 1 is 1.30 bits per heavy atom. The van der Waals surface area contributed by atoms with Gasteiger partial charge in [0.15, 0.2) is 0 Å². The number of nitrogens with one attached hydrogen (secondary N) is 2. The van der Waals surface area contributed by atoms with Crippen molar-refractivity contribution in [3.05, 3.63) is 50.9 Å². The number of esters is 1. The fourth-order valence-corrected chi connectivity index (χ4v) is 5.05. The Hall–Kier alpha value is -2.18. The second-order valence-electron chi connectivity index (χ2n) is 7.15. The molecule has 0 spiro atoms. The molecule has 2 heterocycles. The second kappa shape index (κ2) is 8.23. The number of hydrogen-bond donors (Lipinski definition) is 2. The largest absolute Gasteiger partial charge is 0.465 e. The van der Waals surface area contributed by atoms with Crippen LogP contribution in [0.15, 0.2) is 18.2 Å². The SMILES string of the molecule is CCC[NH+]1CCc2c(sc(NC(=O)c3ccc(C)cc3C)c2C(=O)OC)C1. The van der Waals surface area contributed by atoms with E-state index in [-0.39, 0.29) is 11.9 Å². The molecule has 0 saturated heterocycles. The highest BCUT2D eigenvalue weighted by Gasteiger charge is 2.31. The Morgan fingerprint density at radius 2 is 2.07 bits per heavy atom. The van der Waals surface area contributed by atoms with Gasteiger partial charge in [-0.15, -0.1) is 11.3 Å². The Morgan fingerprint density at radius 3 is 2.74 bits per heavy atom. The first-order chi connectivity index (χ1) is 12.9. The lowest BCUT2D eigenvalue weighted by Gasteiger charge is -2.23. The van der Waals surface area contributed by atoms with Crippen LogP contribution in [0, 0.1) is 13.8 Å². The van der Waals surface area contributed by atoms with Crippen molar-refractivity contribution >= 4 is 28.2 Å². The molecule has 1 aliphatic rings. The van der Waals surface area contributed by atoms with E-state index < -0.39 is 0 Å². The number of anilines is 1. The molecule has 1 unspecified atom stereocenters. The average Bonchev–Trinajstić information content (AvgIpc) is 2.98. The number of carbonyl (C=O) groups excluding carboxylic acids is 2. The molecule has 1 atom stereocenters. The van der Waals surface area contributed by atoms with Gasteiger partial charge in [-0.1, -0.05) is 24.6 Å². The molecule has 144 valence electrons. The number of benzene rings is 1. The van der Waals surface area contributed by atoms with Crippen molar-refractivity contribution in [2.24, 2.45) is 0 Å². The summed E-state index contributed by atoms with van der Waals surface area (Å²) in [4.78, 5) is 28.0. The smallest absolute Gasteiger partial charge is 0.341 e. The summed E-state index contributed by atoms with van der Waals surface area (Å²) in [5, 5.41) is 3.58.